The number of carbonyl (C=O) groups is 2. The molecule has 0 aliphatic heterocycles. The molecule has 0 heterocycles. The second kappa shape index (κ2) is 6.08. The topological polar surface area (TPSA) is 87.6 Å². The van der Waals surface area contributed by atoms with Crippen LogP contribution in [0, 0.1) is 0 Å². The fourth-order valence-electron chi connectivity index (χ4n) is 3.32. The molecule has 1 aromatic rings. The lowest BCUT2D eigenvalue weighted by Crippen LogP contribution is -2.19. The van der Waals surface area contributed by atoms with Crippen LogP contribution in [0.3, 0.4) is 0 Å². The Morgan fingerprint density at radius 3 is 2.23 bits per heavy atom. The average molecular weight is 320 g/mol. The highest BCUT2D eigenvalue weighted by molar-refractivity contribution is 7.73. The van der Waals surface area contributed by atoms with Crippen LogP contribution < -0.4 is 10.0 Å². The zero-order chi connectivity index (χ0) is 15.7. The van der Waals surface area contributed by atoms with E-state index in [2.05, 4.69) is 20.5 Å². The maximum Gasteiger partial charge on any atom is 0.323 e. The summed E-state index contributed by atoms with van der Waals surface area (Å²) in [5, 5.41) is 2.80. The quantitative estimate of drug-likeness (QED) is 0.820. The van der Waals surface area contributed by atoms with Gasteiger partial charge in [-0.1, -0.05) is 16.8 Å². The van der Waals surface area contributed by atoms with E-state index in [1.807, 2.05) is 0 Å². The number of nitrogens with zero attached hydrogens (tertiary/aromatic N) is 1. The zero-order valence-corrected chi connectivity index (χ0v) is 13.2. The second-order valence-electron chi connectivity index (χ2n) is 5.66. The molecule has 1 aromatic carbocycles. The molecule has 3 amide bonds. The molecule has 0 spiro atoms. The summed E-state index contributed by atoms with van der Waals surface area (Å²) >= 11 is 0. The van der Waals surface area contributed by atoms with Crippen LogP contribution in [0.1, 0.15) is 42.0 Å². The summed E-state index contributed by atoms with van der Waals surface area (Å²) in [6, 6.07) is 1.59. The van der Waals surface area contributed by atoms with Crippen LogP contribution in [0.5, 0.6) is 0 Å². The molecule has 2 N–H and O–H groups in total. The maximum atomic E-state index is 12.0. The highest BCUT2D eigenvalue weighted by Gasteiger charge is 2.24. The smallest absolute Gasteiger partial charge is 0.323 e. The number of hydrogen-bond acceptors (Lipinski definition) is 4. The molecule has 0 bridgehead atoms. The summed E-state index contributed by atoms with van der Waals surface area (Å²) in [5.41, 5.74) is 5.85. The van der Waals surface area contributed by atoms with E-state index in [0.29, 0.717) is 0 Å². The summed E-state index contributed by atoms with van der Waals surface area (Å²) in [7, 11) is -2.04. The Bertz CT molecular complexity index is 704. The molecule has 6 nitrogen and oxygen atoms in total. The lowest BCUT2D eigenvalue weighted by molar-refractivity contribution is -0.117. The van der Waals surface area contributed by atoms with Crippen LogP contribution in [-0.2, 0) is 45.5 Å². The van der Waals surface area contributed by atoms with Crippen molar-refractivity contribution in [2.24, 2.45) is 4.36 Å². The lowest BCUT2D eigenvalue weighted by atomic mass is 9.99. The third-order valence-corrected chi connectivity index (χ3v) is 4.90. The summed E-state index contributed by atoms with van der Waals surface area (Å²) in [5.74, 6) is -0.489. The molecule has 0 fully saturated rings. The largest absolute Gasteiger partial charge is 0.424 e. The van der Waals surface area contributed by atoms with Crippen molar-refractivity contribution in [2.75, 3.05) is 5.32 Å². The minimum atomic E-state index is -2.04. The standard InChI is InChI=1S/C15H18N3O3S/c1-9(19)17-22(21)18-15(20)16-14-12-6-2-4-10(12)8-11-5-3-7-13(11)14/h8H,2-7H2,1H3,(H2,16,17,18,19,20,21)/q-1. The molecule has 2 aliphatic rings. The van der Waals surface area contributed by atoms with E-state index in [0.717, 1.165) is 44.2 Å². The molecule has 0 unspecified atom stereocenters. The lowest BCUT2D eigenvalue weighted by Gasteiger charge is -2.15. The molecular formula is C15H18N3O3S-. The van der Waals surface area contributed by atoms with Crippen molar-refractivity contribution in [2.45, 2.75) is 45.4 Å². The molecule has 7 heteroatoms. The van der Waals surface area contributed by atoms with Crippen molar-refractivity contribution in [3.63, 3.8) is 0 Å². The Hall–Kier alpha value is -1.89. The number of anilines is 1. The van der Waals surface area contributed by atoms with Crippen LogP contribution in [0.2, 0.25) is 0 Å². The third-order valence-electron chi connectivity index (χ3n) is 4.10. The number of hydrogen-bond donors (Lipinski definition) is 2. The van der Waals surface area contributed by atoms with Gasteiger partial charge in [-0.15, -0.1) is 0 Å². The van der Waals surface area contributed by atoms with Gasteiger partial charge in [0.2, 0.25) is 5.91 Å². The first-order chi connectivity index (χ1) is 10.5. The van der Waals surface area contributed by atoms with Gasteiger partial charge in [0.25, 0.3) is 0 Å². The monoisotopic (exact) mass is 320 g/mol. The van der Waals surface area contributed by atoms with Crippen molar-refractivity contribution in [3.05, 3.63) is 28.3 Å². The number of carbonyl (C=O) groups excluding carboxylic acids is 2. The molecule has 118 valence electrons. The van der Waals surface area contributed by atoms with E-state index in [1.54, 1.807) is 0 Å². The van der Waals surface area contributed by atoms with Gasteiger partial charge in [-0.3, -0.25) is 9.16 Å². The zero-order valence-electron chi connectivity index (χ0n) is 12.4. The van der Waals surface area contributed by atoms with Gasteiger partial charge < -0.3 is 14.2 Å². The predicted molar refractivity (Wildman–Crippen MR) is 83.8 cm³/mol. The number of fused-ring (bicyclic) bond motifs is 2. The van der Waals surface area contributed by atoms with E-state index in [-0.39, 0.29) is 0 Å². The molecule has 2 aliphatic carbocycles. The summed E-state index contributed by atoms with van der Waals surface area (Å²) in [6.07, 6.45) is 6.17. The van der Waals surface area contributed by atoms with Crippen molar-refractivity contribution in [1.82, 2.24) is 4.72 Å². The number of rotatable bonds is 2. The van der Waals surface area contributed by atoms with Gasteiger partial charge in [-0.25, -0.2) is 4.79 Å². The molecule has 3 rings (SSSR count). The van der Waals surface area contributed by atoms with Crippen molar-refractivity contribution >= 4 is 28.4 Å². The van der Waals surface area contributed by atoms with Crippen molar-refractivity contribution in [3.8, 4) is 0 Å². The highest BCUT2D eigenvalue weighted by atomic mass is 32.2. The highest BCUT2D eigenvalue weighted by Crippen LogP contribution is 2.38. The fourth-order valence-corrected chi connectivity index (χ4v) is 3.81. The normalized spacial score (nSPS) is 17.0. The van der Waals surface area contributed by atoms with E-state index in [9.17, 15) is 13.8 Å². The second-order valence-corrected chi connectivity index (χ2v) is 6.55. The molecular weight excluding hydrogens is 302 g/mol. The maximum absolute atomic E-state index is 12.0. The Kier molecular flexibility index (Phi) is 4.15. The van der Waals surface area contributed by atoms with Crippen LogP contribution in [0.25, 0.3) is 0 Å². The van der Waals surface area contributed by atoms with Crippen LogP contribution in [0.4, 0.5) is 10.5 Å². The van der Waals surface area contributed by atoms with Gasteiger partial charge in [0, 0.05) is 12.6 Å². The van der Waals surface area contributed by atoms with Gasteiger partial charge in [-0.05, 0) is 60.8 Å². The molecule has 22 heavy (non-hydrogen) atoms. The first-order valence-electron chi connectivity index (χ1n) is 7.43. The summed E-state index contributed by atoms with van der Waals surface area (Å²) in [6.45, 7) is 1.22. The van der Waals surface area contributed by atoms with E-state index < -0.39 is 22.7 Å². The number of benzene rings is 1. The number of nitrogens with one attached hydrogen (secondary N) is 2. The molecule has 0 saturated heterocycles. The van der Waals surface area contributed by atoms with Crippen LogP contribution in [0.15, 0.2) is 10.4 Å². The summed E-state index contributed by atoms with van der Waals surface area (Å²) < 4.78 is 17.0. The Morgan fingerprint density at radius 2 is 1.68 bits per heavy atom. The van der Waals surface area contributed by atoms with Gasteiger partial charge in [-0.2, -0.15) is 0 Å². The fraction of sp³-hybridized carbons (Fsp3) is 0.467. The third kappa shape index (κ3) is 2.99. The van der Waals surface area contributed by atoms with E-state index in [4.69, 9.17) is 0 Å². The van der Waals surface area contributed by atoms with Gasteiger partial charge >= 0.3 is 6.03 Å². The van der Waals surface area contributed by atoms with Gasteiger partial charge in [0.1, 0.15) is 0 Å². The van der Waals surface area contributed by atoms with Gasteiger partial charge in [0.05, 0.1) is 0 Å². The number of urea groups is 1. The first kappa shape index (κ1) is 15.0. The van der Waals surface area contributed by atoms with E-state index in [1.165, 1.54) is 29.2 Å². The predicted octanol–water partition coefficient (Wildman–Crippen LogP) is 2.39. The Balaban J connectivity index is 1.88. The Morgan fingerprint density at radius 1 is 1.09 bits per heavy atom. The number of amides is 3. The molecule has 0 atom stereocenters. The van der Waals surface area contributed by atoms with Crippen LogP contribution in [-0.4, -0.2) is 11.9 Å². The molecule has 0 radical (unpaired) electrons. The van der Waals surface area contributed by atoms with Crippen molar-refractivity contribution < 1.29 is 13.8 Å². The van der Waals surface area contributed by atoms with Gasteiger partial charge in [0.15, 0.2) is 0 Å². The Labute approximate surface area is 131 Å². The minimum absolute atomic E-state index is 0.489. The first-order valence-corrected chi connectivity index (χ1v) is 8.53. The van der Waals surface area contributed by atoms with Crippen molar-refractivity contribution in [1.29, 1.82) is 0 Å². The summed E-state index contributed by atoms with van der Waals surface area (Å²) in [4.78, 5) is 22.8. The SMILES string of the molecule is CC(=O)N[S-](=O)=NC(=O)Nc1c2c(cc3c1CCC3)CCC2. The number of aryl methyl sites for hydroxylation is 2. The molecule has 0 aromatic heterocycles. The minimum Gasteiger partial charge on any atom is -0.424 e. The van der Waals surface area contributed by atoms with E-state index >= 15 is 0 Å². The molecule has 0 saturated carbocycles. The average Bonchev–Trinajstić information content (AvgIpc) is 3.05. The van der Waals surface area contributed by atoms with Crippen LogP contribution >= 0.6 is 0 Å².